The first-order valence-electron chi connectivity index (χ1n) is 8.81. The number of carbonyl (C=O) groups excluding carboxylic acids is 1. The van der Waals surface area contributed by atoms with Crippen LogP contribution in [0.2, 0.25) is 0 Å². The summed E-state index contributed by atoms with van der Waals surface area (Å²) < 4.78 is 1.98. The molecule has 2 heterocycles. The van der Waals surface area contributed by atoms with Crippen LogP contribution in [0.15, 0.2) is 23.8 Å². The number of hydrogen-bond donors (Lipinski definition) is 2. The van der Waals surface area contributed by atoms with E-state index in [-0.39, 0.29) is 12.1 Å². The molecule has 4 rings (SSSR count). The zero-order valence-electron chi connectivity index (χ0n) is 13.6. The van der Waals surface area contributed by atoms with Crippen molar-refractivity contribution in [1.82, 2.24) is 20.1 Å². The second kappa shape index (κ2) is 6.93. The third-order valence-electron chi connectivity index (χ3n) is 4.93. The Morgan fingerprint density at radius 2 is 2.04 bits per heavy atom. The number of rotatable bonds is 5. The van der Waals surface area contributed by atoms with Crippen molar-refractivity contribution < 1.29 is 4.79 Å². The molecule has 0 saturated heterocycles. The van der Waals surface area contributed by atoms with Gasteiger partial charge < -0.3 is 5.32 Å². The van der Waals surface area contributed by atoms with E-state index in [1.165, 1.54) is 19.3 Å². The first-order chi connectivity index (χ1) is 11.8. The number of nitrogens with zero attached hydrogens (tertiary/aromatic N) is 3. The van der Waals surface area contributed by atoms with E-state index < -0.39 is 0 Å². The standard InChI is InChI=1S/C17H23N5OS/c23-17(21-15(12-6-7-12)16-18-10-11-24-16)20-14-8-9-19-22(14)13-4-2-1-3-5-13/h8-13,15H,1-7H2,(H2,20,21,23)/t15-/m0/s1. The van der Waals surface area contributed by atoms with E-state index in [4.69, 9.17) is 0 Å². The molecule has 0 spiro atoms. The van der Waals surface area contributed by atoms with Gasteiger partial charge in [-0.05, 0) is 31.6 Å². The van der Waals surface area contributed by atoms with Crippen LogP contribution in [-0.4, -0.2) is 20.8 Å². The minimum atomic E-state index is -0.167. The number of thiazole rings is 1. The highest BCUT2D eigenvalue weighted by Crippen LogP contribution is 2.41. The fraction of sp³-hybridized carbons (Fsp3) is 0.588. The lowest BCUT2D eigenvalue weighted by Gasteiger charge is -2.24. The molecule has 24 heavy (non-hydrogen) atoms. The number of carbonyl (C=O) groups is 1. The van der Waals surface area contributed by atoms with E-state index in [1.54, 1.807) is 23.7 Å². The summed E-state index contributed by atoms with van der Waals surface area (Å²) in [5.74, 6) is 1.30. The third-order valence-corrected chi connectivity index (χ3v) is 5.79. The lowest BCUT2D eigenvalue weighted by molar-refractivity contribution is 0.246. The number of urea groups is 1. The molecule has 0 radical (unpaired) electrons. The molecular formula is C17H23N5OS. The molecule has 7 heteroatoms. The van der Waals surface area contributed by atoms with Crippen LogP contribution in [0.3, 0.4) is 0 Å². The summed E-state index contributed by atoms with van der Waals surface area (Å²) >= 11 is 1.60. The molecule has 2 N–H and O–H groups in total. The van der Waals surface area contributed by atoms with Gasteiger partial charge in [0, 0.05) is 17.6 Å². The molecule has 2 fully saturated rings. The lowest BCUT2D eigenvalue weighted by Crippen LogP contribution is -2.34. The summed E-state index contributed by atoms with van der Waals surface area (Å²) in [6.07, 6.45) is 11.9. The van der Waals surface area contributed by atoms with Gasteiger partial charge in [0.25, 0.3) is 0 Å². The Bertz CT molecular complexity index is 673. The quantitative estimate of drug-likeness (QED) is 0.856. The van der Waals surface area contributed by atoms with Gasteiger partial charge in [-0.2, -0.15) is 5.10 Å². The minimum absolute atomic E-state index is 0.0241. The van der Waals surface area contributed by atoms with Gasteiger partial charge in [0.05, 0.1) is 18.3 Å². The maximum Gasteiger partial charge on any atom is 0.320 e. The van der Waals surface area contributed by atoms with E-state index in [9.17, 15) is 4.79 Å². The Hall–Kier alpha value is -1.89. The van der Waals surface area contributed by atoms with Crippen molar-refractivity contribution in [1.29, 1.82) is 0 Å². The van der Waals surface area contributed by atoms with Crippen molar-refractivity contribution in [3.8, 4) is 0 Å². The van der Waals surface area contributed by atoms with Crippen LogP contribution in [0.5, 0.6) is 0 Å². The van der Waals surface area contributed by atoms with Gasteiger partial charge in [0.1, 0.15) is 10.8 Å². The van der Waals surface area contributed by atoms with Crippen LogP contribution in [-0.2, 0) is 0 Å². The fourth-order valence-electron chi connectivity index (χ4n) is 3.52. The van der Waals surface area contributed by atoms with Gasteiger partial charge in [-0.25, -0.2) is 14.5 Å². The predicted octanol–water partition coefficient (Wildman–Crippen LogP) is 4.12. The van der Waals surface area contributed by atoms with E-state index in [0.717, 1.165) is 36.5 Å². The number of anilines is 1. The molecule has 0 aromatic carbocycles. The van der Waals surface area contributed by atoms with Crippen LogP contribution >= 0.6 is 11.3 Å². The van der Waals surface area contributed by atoms with Gasteiger partial charge in [-0.3, -0.25) is 5.32 Å². The van der Waals surface area contributed by atoms with Crippen LogP contribution in [0, 0.1) is 5.92 Å². The highest BCUT2D eigenvalue weighted by Gasteiger charge is 2.35. The summed E-state index contributed by atoms with van der Waals surface area (Å²) in [7, 11) is 0. The van der Waals surface area contributed by atoms with E-state index in [1.807, 2.05) is 16.1 Å². The number of nitrogens with one attached hydrogen (secondary N) is 2. The highest BCUT2D eigenvalue weighted by atomic mass is 32.1. The molecule has 0 bridgehead atoms. The maximum absolute atomic E-state index is 12.5. The first-order valence-corrected chi connectivity index (χ1v) is 9.69. The van der Waals surface area contributed by atoms with Crippen LogP contribution < -0.4 is 10.6 Å². The second-order valence-corrected chi connectivity index (χ2v) is 7.66. The van der Waals surface area contributed by atoms with Crippen molar-refractivity contribution in [3.63, 3.8) is 0 Å². The molecule has 2 aliphatic carbocycles. The average Bonchev–Trinajstić information content (AvgIpc) is 3.09. The molecule has 2 aliphatic rings. The Labute approximate surface area is 145 Å². The monoisotopic (exact) mass is 345 g/mol. The molecule has 0 aliphatic heterocycles. The number of amides is 2. The predicted molar refractivity (Wildman–Crippen MR) is 94.1 cm³/mol. The van der Waals surface area contributed by atoms with Crippen molar-refractivity contribution in [2.24, 2.45) is 5.92 Å². The fourth-order valence-corrected chi connectivity index (χ4v) is 4.30. The van der Waals surface area contributed by atoms with Crippen molar-refractivity contribution in [2.45, 2.75) is 57.0 Å². The van der Waals surface area contributed by atoms with Crippen molar-refractivity contribution in [3.05, 3.63) is 28.8 Å². The van der Waals surface area contributed by atoms with Gasteiger partial charge in [0.15, 0.2) is 0 Å². The Morgan fingerprint density at radius 3 is 2.75 bits per heavy atom. The Balaban J connectivity index is 1.42. The Morgan fingerprint density at radius 1 is 1.21 bits per heavy atom. The number of aromatic nitrogens is 3. The third kappa shape index (κ3) is 3.45. The van der Waals surface area contributed by atoms with E-state index >= 15 is 0 Å². The molecule has 1 atom stereocenters. The highest BCUT2D eigenvalue weighted by molar-refractivity contribution is 7.09. The molecular weight excluding hydrogens is 322 g/mol. The zero-order chi connectivity index (χ0) is 16.4. The maximum atomic E-state index is 12.5. The molecule has 2 aromatic rings. The zero-order valence-corrected chi connectivity index (χ0v) is 14.5. The first kappa shape index (κ1) is 15.6. The summed E-state index contributed by atoms with van der Waals surface area (Å²) in [6, 6.07) is 2.14. The molecule has 2 aromatic heterocycles. The van der Waals surface area contributed by atoms with Crippen LogP contribution in [0.25, 0.3) is 0 Å². The molecule has 6 nitrogen and oxygen atoms in total. The largest absolute Gasteiger partial charge is 0.328 e. The van der Waals surface area contributed by atoms with Crippen molar-refractivity contribution >= 4 is 23.2 Å². The Kier molecular flexibility index (Phi) is 4.51. The topological polar surface area (TPSA) is 71.8 Å². The second-order valence-electron chi connectivity index (χ2n) is 6.74. The smallest absolute Gasteiger partial charge is 0.320 e. The van der Waals surface area contributed by atoms with Crippen molar-refractivity contribution in [2.75, 3.05) is 5.32 Å². The molecule has 2 saturated carbocycles. The summed E-state index contributed by atoms with van der Waals surface area (Å²) in [5.41, 5.74) is 0. The summed E-state index contributed by atoms with van der Waals surface area (Å²) in [5, 5.41) is 13.5. The van der Waals surface area contributed by atoms with E-state index in [0.29, 0.717) is 12.0 Å². The molecule has 2 amide bonds. The van der Waals surface area contributed by atoms with Gasteiger partial charge >= 0.3 is 6.03 Å². The minimum Gasteiger partial charge on any atom is -0.328 e. The summed E-state index contributed by atoms with van der Waals surface area (Å²) in [6.45, 7) is 0. The van der Waals surface area contributed by atoms with Gasteiger partial charge in [-0.15, -0.1) is 11.3 Å². The molecule has 128 valence electrons. The average molecular weight is 345 g/mol. The summed E-state index contributed by atoms with van der Waals surface area (Å²) in [4.78, 5) is 16.9. The SMILES string of the molecule is O=C(Nc1ccnn1C1CCCCC1)N[C@H](c1nccs1)C1CC1. The molecule has 0 unspecified atom stereocenters. The van der Waals surface area contributed by atoms with Gasteiger partial charge in [-0.1, -0.05) is 19.3 Å². The van der Waals surface area contributed by atoms with E-state index in [2.05, 4.69) is 20.7 Å². The van der Waals surface area contributed by atoms with Crippen LogP contribution in [0.4, 0.5) is 10.6 Å². The van der Waals surface area contributed by atoms with Gasteiger partial charge in [0.2, 0.25) is 0 Å². The number of hydrogen-bond acceptors (Lipinski definition) is 4. The normalized spacial score (nSPS) is 19.8. The van der Waals surface area contributed by atoms with Crippen LogP contribution in [0.1, 0.15) is 62.0 Å². The lowest BCUT2D eigenvalue weighted by atomic mass is 9.96.